The summed E-state index contributed by atoms with van der Waals surface area (Å²) in [5, 5.41) is 0. The van der Waals surface area contributed by atoms with E-state index < -0.39 is 0 Å². The van der Waals surface area contributed by atoms with E-state index in [1.165, 1.54) is 67.5 Å². The number of unbranched alkanes of at least 4 members (excludes halogenated alkanes) is 2. The molecule has 2 fully saturated rings. The molecule has 0 N–H and O–H groups in total. The van der Waals surface area contributed by atoms with Crippen LogP contribution in [0, 0.1) is 0 Å². The summed E-state index contributed by atoms with van der Waals surface area (Å²) in [6.07, 6.45) is 4.11. The third-order valence-corrected chi connectivity index (χ3v) is 5.00. The smallest absolute Gasteiger partial charge is 0.102 e. The normalized spacial score (nSPS) is 23.7. The van der Waals surface area contributed by atoms with Gasteiger partial charge in [0.1, 0.15) is 26.2 Å². The Hall–Kier alpha value is 0.800. The van der Waals surface area contributed by atoms with E-state index in [2.05, 4.69) is 14.1 Å². The summed E-state index contributed by atoms with van der Waals surface area (Å²) in [5.74, 6) is 0. The van der Waals surface area contributed by atoms with E-state index >= 15 is 0 Å². The molecule has 0 bridgehead atoms. The fraction of sp³-hybridized carbons (Fsp3) is 1.00. The molecule has 0 spiro atoms. The third kappa shape index (κ3) is 7.75. The maximum Gasteiger partial charge on any atom is 0.102 e. The Labute approximate surface area is 151 Å². The summed E-state index contributed by atoms with van der Waals surface area (Å²) in [6.45, 7) is 11.3. The standard InChI is InChI=1S/C15H32N2O2.2BrH/c1-16(8-12-18-13-9-16)6-4-3-5-7-17(2)10-14-19-15-11-17;;/h3-15H2,1-2H3;2*1H/q+2;;/p-2. The van der Waals surface area contributed by atoms with Crippen LogP contribution >= 0.6 is 0 Å². The summed E-state index contributed by atoms with van der Waals surface area (Å²) < 4.78 is 13.4. The van der Waals surface area contributed by atoms with E-state index in [-0.39, 0.29) is 34.0 Å². The molecule has 2 aliphatic rings. The molecule has 0 aromatic heterocycles. The van der Waals surface area contributed by atoms with Crippen molar-refractivity contribution in [2.75, 3.05) is 79.8 Å². The zero-order valence-electron chi connectivity index (χ0n) is 13.7. The van der Waals surface area contributed by atoms with Gasteiger partial charge < -0.3 is 52.4 Å². The van der Waals surface area contributed by atoms with Crippen LogP contribution < -0.4 is 34.0 Å². The van der Waals surface area contributed by atoms with Crippen molar-refractivity contribution in [2.24, 2.45) is 0 Å². The van der Waals surface area contributed by atoms with E-state index in [0.29, 0.717) is 0 Å². The van der Waals surface area contributed by atoms with Crippen LogP contribution in [0.15, 0.2) is 0 Å². The molecule has 128 valence electrons. The summed E-state index contributed by atoms with van der Waals surface area (Å²) in [5.41, 5.74) is 0. The van der Waals surface area contributed by atoms with Gasteiger partial charge in [-0.3, -0.25) is 0 Å². The molecule has 0 saturated carbocycles. The minimum atomic E-state index is 0. The molecule has 0 amide bonds. The van der Waals surface area contributed by atoms with Gasteiger partial charge in [0.05, 0.1) is 53.6 Å². The van der Waals surface area contributed by atoms with E-state index in [0.717, 1.165) is 26.4 Å². The van der Waals surface area contributed by atoms with Gasteiger partial charge in [-0.05, 0) is 19.3 Å². The average Bonchev–Trinajstić information content (AvgIpc) is 2.40. The van der Waals surface area contributed by atoms with Gasteiger partial charge in [0, 0.05) is 0 Å². The first-order chi connectivity index (χ1) is 9.12. The van der Waals surface area contributed by atoms with E-state index in [4.69, 9.17) is 9.47 Å². The summed E-state index contributed by atoms with van der Waals surface area (Å²) in [6, 6.07) is 0. The molecule has 0 atom stereocenters. The van der Waals surface area contributed by atoms with Gasteiger partial charge in [-0.2, -0.15) is 0 Å². The van der Waals surface area contributed by atoms with Gasteiger partial charge >= 0.3 is 0 Å². The molecule has 2 saturated heterocycles. The lowest BCUT2D eigenvalue weighted by Crippen LogP contribution is -3.00. The number of ether oxygens (including phenoxy) is 2. The van der Waals surface area contributed by atoms with Crippen molar-refractivity contribution >= 4 is 0 Å². The maximum atomic E-state index is 5.45. The molecule has 2 aliphatic heterocycles. The van der Waals surface area contributed by atoms with Crippen molar-refractivity contribution < 1.29 is 52.4 Å². The largest absolute Gasteiger partial charge is 1.00 e. The first-order valence-electron chi connectivity index (χ1n) is 7.95. The van der Waals surface area contributed by atoms with Crippen molar-refractivity contribution in [3.63, 3.8) is 0 Å². The van der Waals surface area contributed by atoms with Crippen LogP contribution in [0.1, 0.15) is 19.3 Å². The highest BCUT2D eigenvalue weighted by molar-refractivity contribution is 4.51. The predicted octanol–water partition coefficient (Wildman–Crippen LogP) is -4.88. The Morgan fingerprint density at radius 2 is 0.952 bits per heavy atom. The monoisotopic (exact) mass is 430 g/mol. The van der Waals surface area contributed by atoms with Crippen LogP contribution in [0.5, 0.6) is 0 Å². The fourth-order valence-electron chi connectivity index (χ4n) is 3.18. The number of hydrogen-bond acceptors (Lipinski definition) is 2. The van der Waals surface area contributed by atoms with Gasteiger partial charge in [-0.1, -0.05) is 0 Å². The van der Waals surface area contributed by atoms with Crippen LogP contribution in [0.2, 0.25) is 0 Å². The second kappa shape index (κ2) is 10.6. The number of nitrogens with zero attached hydrogens (tertiary/aromatic N) is 2. The van der Waals surface area contributed by atoms with Crippen molar-refractivity contribution in [3.05, 3.63) is 0 Å². The van der Waals surface area contributed by atoms with Gasteiger partial charge in [0.2, 0.25) is 0 Å². The number of halogens is 2. The topological polar surface area (TPSA) is 18.5 Å². The van der Waals surface area contributed by atoms with Crippen molar-refractivity contribution in [1.82, 2.24) is 0 Å². The minimum absolute atomic E-state index is 0. The van der Waals surface area contributed by atoms with Gasteiger partial charge in [0.25, 0.3) is 0 Å². The Kier molecular flexibility index (Phi) is 11.0. The van der Waals surface area contributed by atoms with Crippen molar-refractivity contribution in [2.45, 2.75) is 19.3 Å². The van der Waals surface area contributed by atoms with Crippen LogP contribution in [0.4, 0.5) is 0 Å². The molecule has 4 nitrogen and oxygen atoms in total. The average molecular weight is 432 g/mol. The first kappa shape index (κ1) is 21.8. The van der Waals surface area contributed by atoms with E-state index in [9.17, 15) is 0 Å². The second-order valence-corrected chi connectivity index (χ2v) is 6.87. The molecular formula is C15H32Br2N2O2. The molecule has 6 heteroatoms. The fourth-order valence-corrected chi connectivity index (χ4v) is 3.18. The number of morpholine rings is 2. The molecule has 0 aromatic rings. The number of rotatable bonds is 6. The molecule has 21 heavy (non-hydrogen) atoms. The van der Waals surface area contributed by atoms with Crippen LogP contribution in [0.3, 0.4) is 0 Å². The lowest BCUT2D eigenvalue weighted by atomic mass is 10.1. The van der Waals surface area contributed by atoms with E-state index in [1.807, 2.05) is 0 Å². The first-order valence-corrected chi connectivity index (χ1v) is 7.95. The third-order valence-electron chi connectivity index (χ3n) is 5.00. The molecule has 0 aliphatic carbocycles. The van der Waals surface area contributed by atoms with E-state index in [1.54, 1.807) is 0 Å². The van der Waals surface area contributed by atoms with Crippen LogP contribution in [-0.2, 0) is 9.47 Å². The minimum Gasteiger partial charge on any atom is -1.00 e. The van der Waals surface area contributed by atoms with Gasteiger partial charge in [-0.15, -0.1) is 0 Å². The molecule has 0 unspecified atom stereocenters. The highest BCUT2D eigenvalue weighted by Crippen LogP contribution is 2.13. The Bertz CT molecular complexity index is 242. The second-order valence-electron chi connectivity index (χ2n) is 6.87. The van der Waals surface area contributed by atoms with Crippen LogP contribution in [0.25, 0.3) is 0 Å². The molecular weight excluding hydrogens is 400 g/mol. The zero-order chi connectivity index (χ0) is 13.6. The zero-order valence-corrected chi connectivity index (χ0v) is 16.8. The summed E-state index contributed by atoms with van der Waals surface area (Å²) in [4.78, 5) is 0. The quantitative estimate of drug-likeness (QED) is 0.310. The number of hydrogen-bond donors (Lipinski definition) is 0. The lowest BCUT2D eigenvalue weighted by Gasteiger charge is -2.38. The summed E-state index contributed by atoms with van der Waals surface area (Å²) in [7, 11) is 4.77. The lowest BCUT2D eigenvalue weighted by molar-refractivity contribution is -0.919. The van der Waals surface area contributed by atoms with Crippen LogP contribution in [-0.4, -0.2) is 88.8 Å². The highest BCUT2D eigenvalue weighted by atomic mass is 79.9. The number of likely N-dealkylation sites (N-methyl/N-ethyl adjacent to an activating group) is 2. The Morgan fingerprint density at radius 3 is 1.29 bits per heavy atom. The highest BCUT2D eigenvalue weighted by Gasteiger charge is 2.26. The summed E-state index contributed by atoms with van der Waals surface area (Å²) >= 11 is 0. The molecule has 2 rings (SSSR count). The molecule has 2 heterocycles. The van der Waals surface area contributed by atoms with Gasteiger partial charge in [-0.25, -0.2) is 0 Å². The Balaban J connectivity index is 0.00000200. The van der Waals surface area contributed by atoms with Crippen molar-refractivity contribution in [1.29, 1.82) is 0 Å². The molecule has 0 aromatic carbocycles. The number of quaternary nitrogens is 2. The Morgan fingerprint density at radius 1 is 0.619 bits per heavy atom. The SMILES string of the molecule is C[N+]1(CCCCC[N+]2(C)CCOCC2)CCOCC1.[Br-].[Br-]. The predicted molar refractivity (Wildman–Crippen MR) is 77.1 cm³/mol. The van der Waals surface area contributed by atoms with Crippen molar-refractivity contribution in [3.8, 4) is 0 Å². The van der Waals surface area contributed by atoms with Gasteiger partial charge in [0.15, 0.2) is 0 Å². The maximum absolute atomic E-state index is 5.45. The molecule has 0 radical (unpaired) electrons.